The molecule has 0 fully saturated rings. The standard InChI is InChI=1S/C15H24N2/c1-4-10-17(12(2)3)15-7-5-6-13-8-9-16-11-14(13)15/h5-7,12,16H,4,8-11H2,1-3H3. The van der Waals surface area contributed by atoms with Gasteiger partial charge < -0.3 is 10.2 Å². The predicted molar refractivity (Wildman–Crippen MR) is 74.6 cm³/mol. The summed E-state index contributed by atoms with van der Waals surface area (Å²) in [5, 5.41) is 3.49. The number of nitrogens with zero attached hydrogens (tertiary/aromatic N) is 1. The Bertz CT molecular complexity index is 371. The topological polar surface area (TPSA) is 15.3 Å². The fourth-order valence-corrected chi connectivity index (χ4v) is 2.66. The minimum Gasteiger partial charge on any atom is -0.369 e. The number of hydrogen-bond acceptors (Lipinski definition) is 2. The highest BCUT2D eigenvalue weighted by molar-refractivity contribution is 5.58. The van der Waals surface area contributed by atoms with Gasteiger partial charge in [-0.1, -0.05) is 19.1 Å². The summed E-state index contributed by atoms with van der Waals surface area (Å²) < 4.78 is 0. The van der Waals surface area contributed by atoms with Gasteiger partial charge in [0.05, 0.1) is 0 Å². The maximum Gasteiger partial charge on any atom is 0.0416 e. The lowest BCUT2D eigenvalue weighted by Crippen LogP contribution is -2.34. The number of rotatable bonds is 4. The van der Waals surface area contributed by atoms with E-state index in [-0.39, 0.29) is 0 Å². The smallest absolute Gasteiger partial charge is 0.0416 e. The van der Waals surface area contributed by atoms with Gasteiger partial charge in [0, 0.05) is 24.8 Å². The van der Waals surface area contributed by atoms with Crippen LogP contribution in [0.1, 0.15) is 38.3 Å². The van der Waals surface area contributed by atoms with Crippen LogP contribution in [0.25, 0.3) is 0 Å². The molecule has 2 rings (SSSR count). The van der Waals surface area contributed by atoms with Crippen molar-refractivity contribution in [2.45, 2.75) is 46.2 Å². The molecule has 2 heteroatoms. The second kappa shape index (κ2) is 5.54. The van der Waals surface area contributed by atoms with Crippen LogP contribution in [0.15, 0.2) is 18.2 Å². The number of fused-ring (bicyclic) bond motifs is 1. The van der Waals surface area contributed by atoms with E-state index in [0.717, 1.165) is 19.6 Å². The first kappa shape index (κ1) is 12.4. The van der Waals surface area contributed by atoms with Crippen LogP contribution in [-0.4, -0.2) is 19.1 Å². The third-order valence-electron chi connectivity index (χ3n) is 3.52. The average Bonchev–Trinajstić information content (AvgIpc) is 2.35. The van der Waals surface area contributed by atoms with E-state index in [4.69, 9.17) is 0 Å². The van der Waals surface area contributed by atoms with Gasteiger partial charge in [-0.25, -0.2) is 0 Å². The van der Waals surface area contributed by atoms with Crippen molar-refractivity contribution in [3.8, 4) is 0 Å². The van der Waals surface area contributed by atoms with Crippen molar-refractivity contribution in [1.82, 2.24) is 5.32 Å². The predicted octanol–water partition coefficient (Wildman–Crippen LogP) is 2.96. The quantitative estimate of drug-likeness (QED) is 0.858. The first-order chi connectivity index (χ1) is 8.24. The minimum atomic E-state index is 0.573. The van der Waals surface area contributed by atoms with E-state index in [1.54, 1.807) is 0 Å². The van der Waals surface area contributed by atoms with Crippen molar-refractivity contribution in [2.75, 3.05) is 18.0 Å². The molecule has 0 amide bonds. The molecule has 0 atom stereocenters. The van der Waals surface area contributed by atoms with Gasteiger partial charge in [-0.05, 0) is 50.4 Å². The summed E-state index contributed by atoms with van der Waals surface area (Å²) in [6, 6.07) is 7.35. The minimum absolute atomic E-state index is 0.573. The van der Waals surface area contributed by atoms with E-state index in [2.05, 4.69) is 49.2 Å². The average molecular weight is 232 g/mol. The summed E-state index contributed by atoms with van der Waals surface area (Å²) in [6.07, 6.45) is 2.37. The van der Waals surface area contributed by atoms with Gasteiger partial charge in [0.2, 0.25) is 0 Å². The summed E-state index contributed by atoms with van der Waals surface area (Å²) >= 11 is 0. The van der Waals surface area contributed by atoms with Crippen molar-refractivity contribution < 1.29 is 0 Å². The molecule has 0 bridgehead atoms. The highest BCUT2D eigenvalue weighted by Gasteiger charge is 2.17. The lowest BCUT2D eigenvalue weighted by atomic mass is 9.98. The summed E-state index contributed by atoms with van der Waals surface area (Å²) in [5.74, 6) is 0. The monoisotopic (exact) mass is 232 g/mol. The molecule has 1 aromatic carbocycles. The van der Waals surface area contributed by atoms with Crippen LogP contribution in [0.3, 0.4) is 0 Å². The van der Waals surface area contributed by atoms with Gasteiger partial charge >= 0.3 is 0 Å². The maximum atomic E-state index is 3.49. The molecule has 17 heavy (non-hydrogen) atoms. The number of anilines is 1. The lowest BCUT2D eigenvalue weighted by Gasteiger charge is -2.33. The van der Waals surface area contributed by atoms with Crippen molar-refractivity contribution >= 4 is 5.69 Å². The first-order valence-electron chi connectivity index (χ1n) is 6.82. The molecule has 0 aliphatic carbocycles. The van der Waals surface area contributed by atoms with Gasteiger partial charge in [-0.15, -0.1) is 0 Å². The molecule has 2 nitrogen and oxygen atoms in total. The fourth-order valence-electron chi connectivity index (χ4n) is 2.66. The number of hydrogen-bond donors (Lipinski definition) is 1. The molecule has 1 heterocycles. The van der Waals surface area contributed by atoms with Crippen molar-refractivity contribution in [3.05, 3.63) is 29.3 Å². The molecule has 0 saturated carbocycles. The van der Waals surface area contributed by atoms with E-state index in [1.165, 1.54) is 29.7 Å². The maximum absolute atomic E-state index is 3.49. The Labute approximate surface area is 105 Å². The molecular weight excluding hydrogens is 208 g/mol. The molecule has 1 aliphatic heterocycles. The van der Waals surface area contributed by atoms with Crippen LogP contribution in [0.4, 0.5) is 5.69 Å². The molecular formula is C15H24N2. The second-order valence-corrected chi connectivity index (χ2v) is 5.13. The lowest BCUT2D eigenvalue weighted by molar-refractivity contribution is 0.625. The summed E-state index contributed by atoms with van der Waals surface area (Å²) in [5.41, 5.74) is 4.48. The Hall–Kier alpha value is -1.02. The normalized spacial score (nSPS) is 14.8. The van der Waals surface area contributed by atoms with Gasteiger partial charge in [0.25, 0.3) is 0 Å². The molecule has 94 valence electrons. The van der Waals surface area contributed by atoms with Crippen molar-refractivity contribution in [3.63, 3.8) is 0 Å². The number of benzene rings is 1. The zero-order valence-electron chi connectivity index (χ0n) is 11.3. The zero-order valence-corrected chi connectivity index (χ0v) is 11.3. The largest absolute Gasteiger partial charge is 0.369 e. The third-order valence-corrected chi connectivity index (χ3v) is 3.52. The van der Waals surface area contributed by atoms with Crippen LogP contribution >= 0.6 is 0 Å². The fraction of sp³-hybridized carbons (Fsp3) is 0.600. The number of nitrogens with one attached hydrogen (secondary N) is 1. The molecule has 0 saturated heterocycles. The van der Waals surface area contributed by atoms with E-state index in [1.807, 2.05) is 0 Å². The summed E-state index contributed by atoms with van der Waals surface area (Å²) in [4.78, 5) is 2.53. The van der Waals surface area contributed by atoms with Gasteiger partial charge in [0.1, 0.15) is 0 Å². The third kappa shape index (κ3) is 2.63. The molecule has 0 unspecified atom stereocenters. The molecule has 0 spiro atoms. The van der Waals surface area contributed by atoms with E-state index in [0.29, 0.717) is 6.04 Å². The Morgan fingerprint density at radius 2 is 2.18 bits per heavy atom. The molecule has 1 aliphatic rings. The van der Waals surface area contributed by atoms with Crippen LogP contribution in [-0.2, 0) is 13.0 Å². The molecule has 0 radical (unpaired) electrons. The Kier molecular flexibility index (Phi) is 4.06. The zero-order chi connectivity index (χ0) is 12.3. The van der Waals surface area contributed by atoms with E-state index >= 15 is 0 Å². The van der Waals surface area contributed by atoms with Crippen LogP contribution in [0.2, 0.25) is 0 Å². The summed E-state index contributed by atoms with van der Waals surface area (Å²) in [6.45, 7) is 10.1. The highest BCUT2D eigenvalue weighted by atomic mass is 15.2. The van der Waals surface area contributed by atoms with Gasteiger partial charge in [-0.3, -0.25) is 0 Å². The van der Waals surface area contributed by atoms with Crippen LogP contribution in [0, 0.1) is 0 Å². The Balaban J connectivity index is 2.35. The van der Waals surface area contributed by atoms with Gasteiger partial charge in [0.15, 0.2) is 0 Å². The highest BCUT2D eigenvalue weighted by Crippen LogP contribution is 2.27. The summed E-state index contributed by atoms with van der Waals surface area (Å²) in [7, 11) is 0. The SMILES string of the molecule is CCCN(c1cccc2c1CNCC2)C(C)C. The Morgan fingerprint density at radius 1 is 1.35 bits per heavy atom. The second-order valence-electron chi connectivity index (χ2n) is 5.13. The first-order valence-corrected chi connectivity index (χ1v) is 6.82. The Morgan fingerprint density at radius 3 is 2.88 bits per heavy atom. The van der Waals surface area contributed by atoms with Crippen molar-refractivity contribution in [1.29, 1.82) is 0 Å². The van der Waals surface area contributed by atoms with Crippen molar-refractivity contribution in [2.24, 2.45) is 0 Å². The van der Waals surface area contributed by atoms with Gasteiger partial charge in [-0.2, -0.15) is 0 Å². The van der Waals surface area contributed by atoms with E-state index < -0.39 is 0 Å². The molecule has 1 aromatic rings. The molecule has 0 aromatic heterocycles. The van der Waals surface area contributed by atoms with E-state index in [9.17, 15) is 0 Å². The molecule has 1 N–H and O–H groups in total. The van der Waals surface area contributed by atoms with Crippen LogP contribution in [0.5, 0.6) is 0 Å². The van der Waals surface area contributed by atoms with Crippen LogP contribution < -0.4 is 10.2 Å².